The summed E-state index contributed by atoms with van der Waals surface area (Å²) < 4.78 is 20.4. The highest BCUT2D eigenvalue weighted by Gasteiger charge is 2.21. The second kappa shape index (κ2) is 10.5. The van der Waals surface area contributed by atoms with Crippen LogP contribution >= 0.6 is 0 Å². The molecule has 0 radical (unpaired) electrons. The van der Waals surface area contributed by atoms with Crippen molar-refractivity contribution in [2.45, 2.75) is 26.8 Å². The SMILES string of the molecule is C=C1C=C(c2cc(=O)c3cc(C)cc(C(C)Nc4cccc(F)c4C(=O)O)c3o2)C=C(C)C1=N.CN. The van der Waals surface area contributed by atoms with Gasteiger partial charge < -0.3 is 26.0 Å². The Morgan fingerprint density at radius 1 is 1.19 bits per heavy atom. The molecule has 1 heterocycles. The molecule has 1 aliphatic rings. The maximum atomic E-state index is 14.2. The number of nitrogens with one attached hydrogen (secondary N) is 2. The number of allylic oxidation sites excluding steroid dienone is 5. The Bertz CT molecular complexity index is 1520. The third kappa shape index (κ3) is 5.04. The smallest absolute Gasteiger partial charge is 0.340 e. The summed E-state index contributed by atoms with van der Waals surface area (Å²) in [7, 11) is 1.50. The first kappa shape index (κ1) is 26.3. The Kier molecular flexibility index (Phi) is 7.70. The molecule has 0 aliphatic heterocycles. The zero-order valence-electron chi connectivity index (χ0n) is 20.5. The Balaban J connectivity index is 0.00000176. The Hall–Kier alpha value is -4.30. The summed E-state index contributed by atoms with van der Waals surface area (Å²) in [5, 5.41) is 20.9. The van der Waals surface area contributed by atoms with Gasteiger partial charge in [-0.3, -0.25) is 4.79 Å². The molecule has 186 valence electrons. The molecule has 0 fully saturated rings. The Morgan fingerprint density at radius 3 is 2.53 bits per heavy atom. The van der Waals surface area contributed by atoms with E-state index in [1.165, 1.54) is 25.2 Å². The maximum absolute atomic E-state index is 14.2. The van der Waals surface area contributed by atoms with Crippen LogP contribution in [0.1, 0.15) is 47.1 Å². The van der Waals surface area contributed by atoms with Gasteiger partial charge in [0, 0.05) is 17.2 Å². The van der Waals surface area contributed by atoms with E-state index in [1.807, 2.05) is 13.0 Å². The predicted molar refractivity (Wildman–Crippen MR) is 141 cm³/mol. The van der Waals surface area contributed by atoms with Crippen molar-refractivity contribution in [2.75, 3.05) is 12.4 Å². The molecule has 0 saturated carbocycles. The molecule has 5 N–H and O–H groups in total. The van der Waals surface area contributed by atoms with Gasteiger partial charge in [0.05, 0.1) is 22.8 Å². The number of carboxylic acid groups (broad SMARTS) is 1. The summed E-state index contributed by atoms with van der Waals surface area (Å²) >= 11 is 0. The van der Waals surface area contributed by atoms with Gasteiger partial charge in [0.15, 0.2) is 5.43 Å². The van der Waals surface area contributed by atoms with E-state index in [4.69, 9.17) is 9.83 Å². The average molecular weight is 490 g/mol. The van der Waals surface area contributed by atoms with Crippen LogP contribution in [0.4, 0.5) is 10.1 Å². The number of hydrogen-bond acceptors (Lipinski definition) is 6. The van der Waals surface area contributed by atoms with Crippen LogP contribution in [0.15, 0.2) is 75.5 Å². The van der Waals surface area contributed by atoms with Gasteiger partial charge in [-0.15, -0.1) is 0 Å². The zero-order chi connectivity index (χ0) is 26.7. The van der Waals surface area contributed by atoms with Gasteiger partial charge >= 0.3 is 5.97 Å². The van der Waals surface area contributed by atoms with Crippen molar-refractivity contribution in [3.63, 3.8) is 0 Å². The lowest BCUT2D eigenvalue weighted by atomic mass is 9.93. The van der Waals surface area contributed by atoms with Crippen molar-refractivity contribution in [2.24, 2.45) is 5.73 Å². The number of carboxylic acids is 1. The van der Waals surface area contributed by atoms with Crippen LogP contribution in [-0.2, 0) is 0 Å². The van der Waals surface area contributed by atoms with Gasteiger partial charge in [-0.25, -0.2) is 9.18 Å². The van der Waals surface area contributed by atoms with Crippen LogP contribution in [0, 0.1) is 18.2 Å². The molecular weight excluding hydrogens is 461 g/mol. The average Bonchev–Trinajstić information content (AvgIpc) is 2.83. The quantitative estimate of drug-likeness (QED) is 0.369. The number of aryl methyl sites for hydroxylation is 1. The number of aromatic carboxylic acids is 1. The van der Waals surface area contributed by atoms with Gasteiger partial charge in [-0.05, 0) is 74.9 Å². The minimum atomic E-state index is -1.38. The molecule has 0 spiro atoms. The monoisotopic (exact) mass is 489 g/mol. The maximum Gasteiger partial charge on any atom is 0.340 e. The number of hydrogen-bond donors (Lipinski definition) is 4. The third-order valence-corrected chi connectivity index (χ3v) is 5.77. The third-order valence-electron chi connectivity index (χ3n) is 5.77. The van der Waals surface area contributed by atoms with Gasteiger partial charge in [0.1, 0.15) is 22.7 Å². The molecule has 7 nitrogen and oxygen atoms in total. The van der Waals surface area contributed by atoms with Crippen molar-refractivity contribution in [1.82, 2.24) is 0 Å². The molecule has 36 heavy (non-hydrogen) atoms. The highest BCUT2D eigenvalue weighted by Crippen LogP contribution is 2.32. The molecule has 1 aromatic heterocycles. The van der Waals surface area contributed by atoms with E-state index in [0.717, 1.165) is 11.6 Å². The summed E-state index contributed by atoms with van der Waals surface area (Å²) in [5.74, 6) is -1.89. The van der Waals surface area contributed by atoms with Crippen LogP contribution in [0.3, 0.4) is 0 Å². The number of rotatable bonds is 5. The summed E-state index contributed by atoms with van der Waals surface area (Å²) in [6.45, 7) is 9.31. The van der Waals surface area contributed by atoms with Crippen molar-refractivity contribution < 1.29 is 18.7 Å². The first-order valence-electron chi connectivity index (χ1n) is 11.2. The first-order valence-corrected chi connectivity index (χ1v) is 11.2. The van der Waals surface area contributed by atoms with E-state index in [1.54, 1.807) is 32.1 Å². The molecule has 1 unspecified atom stereocenters. The fourth-order valence-electron chi connectivity index (χ4n) is 4.07. The van der Waals surface area contributed by atoms with Gasteiger partial charge in [-0.1, -0.05) is 18.7 Å². The molecule has 8 heteroatoms. The number of nitrogens with two attached hydrogens (primary N) is 1. The molecule has 0 saturated heterocycles. The van der Waals surface area contributed by atoms with E-state index >= 15 is 0 Å². The first-order chi connectivity index (χ1) is 17.1. The van der Waals surface area contributed by atoms with Crippen molar-refractivity contribution in [1.29, 1.82) is 5.41 Å². The van der Waals surface area contributed by atoms with Gasteiger partial charge in [-0.2, -0.15) is 0 Å². The molecule has 1 aliphatic carbocycles. The Labute approximate surface area is 208 Å². The van der Waals surface area contributed by atoms with Crippen LogP contribution in [-0.4, -0.2) is 23.8 Å². The van der Waals surface area contributed by atoms with Crippen LogP contribution in [0.5, 0.6) is 0 Å². The lowest BCUT2D eigenvalue weighted by molar-refractivity contribution is 0.0693. The molecule has 0 bridgehead atoms. The molecule has 4 rings (SSSR count). The highest BCUT2D eigenvalue weighted by molar-refractivity contribution is 6.15. The standard InChI is InChI=1S/C27H23FN2O4.CH5N/c1-13-8-18(16(4)30-21-7-5-6-20(28)24(21)27(32)33)26-19(9-13)22(31)12-23(34-26)17-10-14(2)25(29)15(3)11-17;1-2/h5-12,16,29-30H,2H2,1,3-4H3,(H,32,33);2H2,1H3. The Morgan fingerprint density at radius 2 is 1.89 bits per heavy atom. The second-order valence-electron chi connectivity index (χ2n) is 8.37. The van der Waals surface area contributed by atoms with Crippen molar-refractivity contribution >= 4 is 33.9 Å². The second-order valence-corrected chi connectivity index (χ2v) is 8.37. The zero-order valence-corrected chi connectivity index (χ0v) is 20.5. The minimum Gasteiger partial charge on any atom is -0.478 e. The fraction of sp³-hybridized carbons (Fsp3) is 0.179. The van der Waals surface area contributed by atoms with E-state index in [-0.39, 0.29) is 11.1 Å². The minimum absolute atomic E-state index is 0.122. The summed E-state index contributed by atoms with van der Waals surface area (Å²) in [6.07, 6.45) is 3.46. The van der Waals surface area contributed by atoms with Crippen LogP contribution in [0.25, 0.3) is 16.5 Å². The van der Waals surface area contributed by atoms with E-state index in [2.05, 4.69) is 17.6 Å². The lowest BCUT2D eigenvalue weighted by Crippen LogP contribution is -2.14. The van der Waals surface area contributed by atoms with E-state index in [0.29, 0.717) is 44.7 Å². The van der Waals surface area contributed by atoms with Gasteiger partial charge in [0.2, 0.25) is 0 Å². The normalized spacial score (nSPS) is 13.9. The molecular formula is C28H28FN3O4. The fourth-order valence-corrected chi connectivity index (χ4v) is 4.07. The topological polar surface area (TPSA) is 129 Å². The van der Waals surface area contributed by atoms with Crippen LogP contribution < -0.4 is 16.5 Å². The largest absolute Gasteiger partial charge is 0.478 e. The summed E-state index contributed by atoms with van der Waals surface area (Å²) in [4.78, 5) is 24.6. The number of fused-ring (bicyclic) bond motifs is 1. The molecule has 0 amide bonds. The van der Waals surface area contributed by atoms with Gasteiger partial charge in [0.25, 0.3) is 0 Å². The highest BCUT2D eigenvalue weighted by atomic mass is 19.1. The summed E-state index contributed by atoms with van der Waals surface area (Å²) in [5.41, 5.74) is 7.90. The number of anilines is 1. The van der Waals surface area contributed by atoms with Crippen molar-refractivity contribution in [3.8, 4) is 0 Å². The van der Waals surface area contributed by atoms with Crippen molar-refractivity contribution in [3.05, 3.63) is 105 Å². The number of halogens is 1. The molecule has 3 aromatic rings. The number of benzene rings is 2. The number of carbonyl (C=O) groups is 1. The summed E-state index contributed by atoms with van der Waals surface area (Å²) in [6, 6.07) is 8.49. The van der Waals surface area contributed by atoms with E-state index in [9.17, 15) is 19.1 Å². The molecule has 2 aromatic carbocycles. The lowest BCUT2D eigenvalue weighted by Gasteiger charge is -2.20. The van der Waals surface area contributed by atoms with E-state index < -0.39 is 23.4 Å². The predicted octanol–water partition coefficient (Wildman–Crippen LogP) is 5.61. The van der Waals surface area contributed by atoms with Crippen LogP contribution in [0.2, 0.25) is 0 Å². The molecule has 1 atom stereocenters.